The SMILES string of the molecule is CC1CN(Cc2ccc(C3CCCCC3)cc2)CC(=O)N1. The summed E-state index contributed by atoms with van der Waals surface area (Å²) in [6, 6.07) is 9.37. The first kappa shape index (κ1) is 14.6. The van der Waals surface area contributed by atoms with Crippen LogP contribution in [-0.4, -0.2) is 29.9 Å². The summed E-state index contributed by atoms with van der Waals surface area (Å²) in [7, 11) is 0. The summed E-state index contributed by atoms with van der Waals surface area (Å²) < 4.78 is 0. The Hall–Kier alpha value is -1.35. The van der Waals surface area contributed by atoms with Gasteiger partial charge in [-0.2, -0.15) is 0 Å². The van der Waals surface area contributed by atoms with Crippen LogP contribution in [0.15, 0.2) is 24.3 Å². The van der Waals surface area contributed by atoms with Gasteiger partial charge in [-0.05, 0) is 36.8 Å². The van der Waals surface area contributed by atoms with Crippen LogP contribution in [0, 0.1) is 0 Å². The van der Waals surface area contributed by atoms with Gasteiger partial charge in [0.25, 0.3) is 0 Å². The molecule has 21 heavy (non-hydrogen) atoms. The van der Waals surface area contributed by atoms with Crippen LogP contribution < -0.4 is 5.32 Å². The van der Waals surface area contributed by atoms with Crippen molar-refractivity contribution < 1.29 is 4.79 Å². The van der Waals surface area contributed by atoms with E-state index >= 15 is 0 Å². The molecule has 3 rings (SSSR count). The molecule has 1 saturated carbocycles. The highest BCUT2D eigenvalue weighted by Crippen LogP contribution is 2.32. The molecule has 114 valence electrons. The molecular formula is C18H26N2O. The quantitative estimate of drug-likeness (QED) is 0.926. The average Bonchev–Trinajstić information content (AvgIpc) is 2.48. The van der Waals surface area contributed by atoms with E-state index in [1.807, 2.05) is 0 Å². The number of rotatable bonds is 3. The monoisotopic (exact) mass is 286 g/mol. The second-order valence-corrected chi connectivity index (χ2v) is 6.71. The Morgan fingerprint density at radius 1 is 1.14 bits per heavy atom. The van der Waals surface area contributed by atoms with Gasteiger partial charge in [-0.3, -0.25) is 9.69 Å². The maximum atomic E-state index is 11.6. The Morgan fingerprint density at radius 3 is 2.52 bits per heavy atom. The first-order chi connectivity index (χ1) is 10.2. The summed E-state index contributed by atoms with van der Waals surface area (Å²) in [6.45, 7) is 4.41. The molecule has 1 aromatic rings. The van der Waals surface area contributed by atoms with Crippen LogP contribution in [0.1, 0.15) is 56.1 Å². The van der Waals surface area contributed by atoms with E-state index < -0.39 is 0 Å². The second kappa shape index (κ2) is 6.61. The number of nitrogens with one attached hydrogen (secondary N) is 1. The van der Waals surface area contributed by atoms with E-state index in [1.165, 1.54) is 43.2 Å². The summed E-state index contributed by atoms with van der Waals surface area (Å²) in [4.78, 5) is 13.8. The van der Waals surface area contributed by atoms with E-state index in [0.29, 0.717) is 6.54 Å². The zero-order valence-corrected chi connectivity index (χ0v) is 13.0. The van der Waals surface area contributed by atoms with Gasteiger partial charge in [0.1, 0.15) is 0 Å². The fourth-order valence-electron chi connectivity index (χ4n) is 3.73. The Kier molecular flexibility index (Phi) is 4.59. The number of benzene rings is 1. The van der Waals surface area contributed by atoms with E-state index in [-0.39, 0.29) is 11.9 Å². The number of nitrogens with zero attached hydrogens (tertiary/aromatic N) is 1. The fraction of sp³-hybridized carbons (Fsp3) is 0.611. The Balaban J connectivity index is 1.60. The number of carbonyl (C=O) groups excluding carboxylic acids is 1. The molecule has 3 nitrogen and oxygen atoms in total. The van der Waals surface area contributed by atoms with Gasteiger partial charge in [-0.1, -0.05) is 43.5 Å². The average molecular weight is 286 g/mol. The van der Waals surface area contributed by atoms with Gasteiger partial charge in [0.05, 0.1) is 6.54 Å². The third-order valence-electron chi connectivity index (χ3n) is 4.77. The highest BCUT2D eigenvalue weighted by molar-refractivity contribution is 5.79. The minimum absolute atomic E-state index is 0.146. The molecule has 1 aromatic carbocycles. The normalized spacial score (nSPS) is 24.8. The van der Waals surface area contributed by atoms with Gasteiger partial charge in [-0.15, -0.1) is 0 Å². The predicted octanol–water partition coefficient (Wildman–Crippen LogP) is 3.05. The molecule has 1 aliphatic heterocycles. The molecule has 1 amide bonds. The first-order valence-corrected chi connectivity index (χ1v) is 8.31. The van der Waals surface area contributed by atoms with Crippen molar-refractivity contribution in [1.29, 1.82) is 0 Å². The van der Waals surface area contributed by atoms with E-state index in [4.69, 9.17) is 0 Å². The second-order valence-electron chi connectivity index (χ2n) is 6.71. The van der Waals surface area contributed by atoms with E-state index in [9.17, 15) is 4.79 Å². The van der Waals surface area contributed by atoms with E-state index in [0.717, 1.165) is 19.0 Å². The van der Waals surface area contributed by atoms with Crippen molar-refractivity contribution in [3.05, 3.63) is 35.4 Å². The van der Waals surface area contributed by atoms with Crippen LogP contribution in [-0.2, 0) is 11.3 Å². The van der Waals surface area contributed by atoms with Gasteiger partial charge >= 0.3 is 0 Å². The van der Waals surface area contributed by atoms with Crippen molar-refractivity contribution in [3.8, 4) is 0 Å². The third-order valence-corrected chi connectivity index (χ3v) is 4.77. The summed E-state index contributed by atoms with van der Waals surface area (Å²) in [5, 5.41) is 2.97. The van der Waals surface area contributed by atoms with Crippen LogP contribution in [0.4, 0.5) is 0 Å². The van der Waals surface area contributed by atoms with Crippen molar-refractivity contribution in [1.82, 2.24) is 10.2 Å². The lowest BCUT2D eigenvalue weighted by Gasteiger charge is -2.31. The van der Waals surface area contributed by atoms with Crippen molar-refractivity contribution in [2.45, 2.75) is 57.5 Å². The number of piperazine rings is 1. The minimum Gasteiger partial charge on any atom is -0.351 e. The number of hydrogen-bond acceptors (Lipinski definition) is 2. The maximum Gasteiger partial charge on any atom is 0.234 e. The summed E-state index contributed by atoms with van der Waals surface area (Å²) in [5.41, 5.74) is 2.82. The fourth-order valence-corrected chi connectivity index (χ4v) is 3.73. The highest BCUT2D eigenvalue weighted by atomic mass is 16.2. The van der Waals surface area contributed by atoms with Gasteiger partial charge in [0, 0.05) is 19.1 Å². The summed E-state index contributed by atoms with van der Waals surface area (Å²) in [6.07, 6.45) is 6.87. The number of hydrogen-bond donors (Lipinski definition) is 1. The van der Waals surface area contributed by atoms with Gasteiger partial charge in [-0.25, -0.2) is 0 Å². The lowest BCUT2D eigenvalue weighted by molar-refractivity contribution is -0.125. The molecule has 0 aromatic heterocycles. The molecule has 1 saturated heterocycles. The van der Waals surface area contributed by atoms with Crippen LogP contribution in [0.3, 0.4) is 0 Å². The molecule has 1 unspecified atom stereocenters. The molecule has 2 aliphatic rings. The van der Waals surface area contributed by atoms with Crippen molar-refractivity contribution >= 4 is 5.91 Å². The molecular weight excluding hydrogens is 260 g/mol. The number of amides is 1. The number of carbonyl (C=O) groups is 1. The molecule has 0 spiro atoms. The summed E-state index contributed by atoms with van der Waals surface area (Å²) >= 11 is 0. The van der Waals surface area contributed by atoms with Gasteiger partial charge in [0.15, 0.2) is 0 Å². The van der Waals surface area contributed by atoms with E-state index in [1.54, 1.807) is 0 Å². The highest BCUT2D eigenvalue weighted by Gasteiger charge is 2.21. The van der Waals surface area contributed by atoms with Gasteiger partial charge < -0.3 is 5.32 Å². The van der Waals surface area contributed by atoms with Crippen LogP contribution in [0.2, 0.25) is 0 Å². The van der Waals surface area contributed by atoms with Crippen molar-refractivity contribution in [3.63, 3.8) is 0 Å². The standard InChI is InChI=1S/C18H26N2O/c1-14-11-20(13-18(21)19-14)12-15-7-9-17(10-8-15)16-5-3-2-4-6-16/h7-10,14,16H,2-6,11-13H2,1H3,(H,19,21). The third kappa shape index (κ3) is 3.85. The molecule has 2 fully saturated rings. The molecule has 0 radical (unpaired) electrons. The van der Waals surface area contributed by atoms with Crippen molar-refractivity contribution in [2.24, 2.45) is 0 Å². The maximum absolute atomic E-state index is 11.6. The molecule has 1 heterocycles. The summed E-state index contributed by atoms with van der Waals surface area (Å²) in [5.74, 6) is 0.918. The predicted molar refractivity (Wildman–Crippen MR) is 85.1 cm³/mol. The molecule has 1 atom stereocenters. The van der Waals surface area contributed by atoms with E-state index in [2.05, 4.69) is 41.4 Å². The van der Waals surface area contributed by atoms with Gasteiger partial charge in [0.2, 0.25) is 5.91 Å². The Morgan fingerprint density at radius 2 is 1.86 bits per heavy atom. The lowest BCUT2D eigenvalue weighted by Crippen LogP contribution is -2.52. The topological polar surface area (TPSA) is 32.3 Å². The van der Waals surface area contributed by atoms with Crippen LogP contribution in [0.25, 0.3) is 0 Å². The Labute approximate surface area is 127 Å². The Bertz CT molecular complexity index is 476. The molecule has 1 aliphatic carbocycles. The first-order valence-electron chi connectivity index (χ1n) is 8.31. The minimum atomic E-state index is 0.146. The molecule has 3 heteroatoms. The zero-order valence-electron chi connectivity index (χ0n) is 13.0. The smallest absolute Gasteiger partial charge is 0.234 e. The van der Waals surface area contributed by atoms with Crippen molar-refractivity contribution in [2.75, 3.05) is 13.1 Å². The largest absolute Gasteiger partial charge is 0.351 e. The van der Waals surface area contributed by atoms with Crippen LogP contribution in [0.5, 0.6) is 0 Å². The molecule has 0 bridgehead atoms. The lowest BCUT2D eigenvalue weighted by atomic mass is 9.84. The van der Waals surface area contributed by atoms with Crippen LogP contribution >= 0.6 is 0 Å². The zero-order chi connectivity index (χ0) is 14.7. The molecule has 1 N–H and O–H groups in total.